The van der Waals surface area contributed by atoms with Crippen LogP contribution in [0, 0.1) is 0 Å². The summed E-state index contributed by atoms with van der Waals surface area (Å²) < 4.78 is 9.51. The second-order valence-corrected chi connectivity index (χ2v) is 6.86. The molecule has 0 unspecified atom stereocenters. The lowest BCUT2D eigenvalue weighted by Crippen LogP contribution is -2.35. The van der Waals surface area contributed by atoms with Crippen LogP contribution in [0.25, 0.3) is 0 Å². The van der Waals surface area contributed by atoms with E-state index in [9.17, 15) is 14.4 Å². The lowest BCUT2D eigenvalue weighted by molar-refractivity contribution is 0.0599. The van der Waals surface area contributed by atoms with Crippen LogP contribution in [0.5, 0.6) is 0 Å². The van der Waals surface area contributed by atoms with Crippen LogP contribution in [0.4, 0.5) is 9.93 Å². The Labute approximate surface area is 160 Å². The minimum absolute atomic E-state index is 0.120. The van der Waals surface area contributed by atoms with Crippen molar-refractivity contribution in [1.82, 2.24) is 9.88 Å². The van der Waals surface area contributed by atoms with Crippen molar-refractivity contribution in [3.05, 3.63) is 46.0 Å². The highest BCUT2D eigenvalue weighted by Crippen LogP contribution is 2.29. The number of amides is 2. The number of benzene rings is 1. The number of methoxy groups -OCH3 is 1. The first-order chi connectivity index (χ1) is 13.0. The maximum Gasteiger partial charge on any atom is 0.413 e. The Bertz CT molecular complexity index is 862. The molecule has 0 aliphatic carbocycles. The van der Waals surface area contributed by atoms with Gasteiger partial charge in [0.2, 0.25) is 0 Å². The number of ether oxygens (including phenoxy) is 2. The van der Waals surface area contributed by atoms with Crippen LogP contribution in [-0.4, -0.2) is 48.1 Å². The number of hydrogen-bond donors (Lipinski definition) is 1. The minimum Gasteiger partial charge on any atom is -0.465 e. The molecule has 2 amide bonds. The minimum atomic E-state index is -0.540. The van der Waals surface area contributed by atoms with Crippen molar-refractivity contribution in [2.75, 3.05) is 25.6 Å². The van der Waals surface area contributed by atoms with Gasteiger partial charge in [0.15, 0.2) is 5.13 Å². The average Bonchev–Trinajstić information content (AvgIpc) is 3.08. The fourth-order valence-corrected chi connectivity index (χ4v) is 3.74. The van der Waals surface area contributed by atoms with Crippen molar-refractivity contribution in [2.45, 2.75) is 19.9 Å². The van der Waals surface area contributed by atoms with Crippen LogP contribution in [0.15, 0.2) is 24.3 Å². The fourth-order valence-electron chi connectivity index (χ4n) is 2.73. The summed E-state index contributed by atoms with van der Waals surface area (Å²) in [5, 5.41) is 3.06. The van der Waals surface area contributed by atoms with Crippen molar-refractivity contribution in [1.29, 1.82) is 0 Å². The number of fused-ring (bicyclic) bond motifs is 1. The summed E-state index contributed by atoms with van der Waals surface area (Å²) in [7, 11) is 1.31. The molecule has 0 saturated carbocycles. The van der Waals surface area contributed by atoms with E-state index in [1.165, 1.54) is 18.4 Å². The van der Waals surface area contributed by atoms with Gasteiger partial charge in [0.25, 0.3) is 5.91 Å². The maximum absolute atomic E-state index is 12.7. The van der Waals surface area contributed by atoms with Gasteiger partial charge in [0.1, 0.15) is 0 Å². The number of nitrogens with zero attached hydrogens (tertiary/aromatic N) is 2. The molecule has 2 heterocycles. The van der Waals surface area contributed by atoms with E-state index >= 15 is 0 Å². The van der Waals surface area contributed by atoms with Crippen molar-refractivity contribution < 1.29 is 23.9 Å². The molecule has 1 aliphatic rings. The molecule has 0 spiro atoms. The third-order valence-electron chi connectivity index (χ3n) is 4.06. The molecule has 9 heteroatoms. The molecule has 0 saturated heterocycles. The van der Waals surface area contributed by atoms with Crippen LogP contribution in [0.1, 0.15) is 38.2 Å². The highest BCUT2D eigenvalue weighted by atomic mass is 32.1. The second kappa shape index (κ2) is 8.17. The van der Waals surface area contributed by atoms with Gasteiger partial charge in [-0.2, -0.15) is 0 Å². The van der Waals surface area contributed by atoms with E-state index in [1.54, 1.807) is 36.1 Å². The van der Waals surface area contributed by atoms with Gasteiger partial charge >= 0.3 is 12.1 Å². The Morgan fingerprint density at radius 3 is 2.59 bits per heavy atom. The Kier molecular flexibility index (Phi) is 5.70. The van der Waals surface area contributed by atoms with E-state index in [-0.39, 0.29) is 12.5 Å². The predicted octanol–water partition coefficient (Wildman–Crippen LogP) is 2.70. The number of anilines is 1. The normalized spacial score (nSPS) is 12.9. The SMILES string of the molecule is CCOC(=O)Nc1nc2c(s1)CN(C(=O)c1ccc(C(=O)OC)cc1)CC2. The molecule has 2 aromatic rings. The van der Waals surface area contributed by atoms with Gasteiger partial charge in [-0.25, -0.2) is 14.6 Å². The van der Waals surface area contributed by atoms with Gasteiger partial charge in [-0.1, -0.05) is 11.3 Å². The zero-order valence-corrected chi connectivity index (χ0v) is 15.8. The molecule has 0 atom stereocenters. The Balaban J connectivity index is 1.68. The van der Waals surface area contributed by atoms with E-state index < -0.39 is 12.1 Å². The zero-order valence-electron chi connectivity index (χ0n) is 15.0. The molecule has 0 bridgehead atoms. The van der Waals surface area contributed by atoms with Crippen molar-refractivity contribution in [2.24, 2.45) is 0 Å². The monoisotopic (exact) mass is 389 g/mol. The smallest absolute Gasteiger partial charge is 0.413 e. The largest absolute Gasteiger partial charge is 0.465 e. The number of carbonyl (C=O) groups excluding carboxylic acids is 3. The molecular formula is C18H19N3O5S. The first-order valence-corrected chi connectivity index (χ1v) is 9.23. The van der Waals surface area contributed by atoms with Gasteiger partial charge < -0.3 is 14.4 Å². The van der Waals surface area contributed by atoms with E-state index in [0.29, 0.717) is 35.8 Å². The Morgan fingerprint density at radius 2 is 1.93 bits per heavy atom. The number of nitrogens with one attached hydrogen (secondary N) is 1. The molecule has 1 aliphatic heterocycles. The quantitative estimate of drug-likeness (QED) is 0.808. The maximum atomic E-state index is 12.7. The average molecular weight is 389 g/mol. The summed E-state index contributed by atoms with van der Waals surface area (Å²) in [6.45, 7) is 2.98. The van der Waals surface area contributed by atoms with Crippen molar-refractivity contribution in [3.8, 4) is 0 Å². The fraction of sp³-hybridized carbons (Fsp3) is 0.333. The van der Waals surface area contributed by atoms with Crippen molar-refractivity contribution in [3.63, 3.8) is 0 Å². The standard InChI is InChI=1S/C18H19N3O5S/c1-3-26-18(24)20-17-19-13-8-9-21(10-14(13)27-17)15(22)11-4-6-12(7-5-11)16(23)25-2/h4-7H,3,8-10H2,1-2H3,(H,19,20,24). The van der Waals surface area contributed by atoms with Gasteiger partial charge in [0, 0.05) is 23.4 Å². The number of carbonyl (C=O) groups is 3. The lowest BCUT2D eigenvalue weighted by Gasteiger charge is -2.26. The van der Waals surface area contributed by atoms with Crippen molar-refractivity contribution >= 4 is 34.4 Å². The van der Waals surface area contributed by atoms with E-state index in [0.717, 1.165) is 10.6 Å². The Hall–Kier alpha value is -2.94. The van der Waals surface area contributed by atoms with Crippen LogP contribution in [0.2, 0.25) is 0 Å². The molecule has 27 heavy (non-hydrogen) atoms. The number of esters is 1. The van der Waals surface area contributed by atoms with Gasteiger partial charge in [0.05, 0.1) is 31.5 Å². The van der Waals surface area contributed by atoms with Gasteiger partial charge in [-0.3, -0.25) is 10.1 Å². The van der Waals surface area contributed by atoms with Crippen LogP contribution < -0.4 is 5.32 Å². The van der Waals surface area contributed by atoms with E-state index in [2.05, 4.69) is 15.0 Å². The second-order valence-electron chi connectivity index (χ2n) is 5.78. The molecule has 142 valence electrons. The third kappa shape index (κ3) is 4.25. The van der Waals surface area contributed by atoms with Crippen LogP contribution >= 0.6 is 11.3 Å². The first kappa shape index (κ1) is 18.8. The number of hydrogen-bond acceptors (Lipinski definition) is 7. The number of aromatic nitrogens is 1. The summed E-state index contributed by atoms with van der Waals surface area (Å²) in [6, 6.07) is 6.38. The van der Waals surface area contributed by atoms with E-state index in [4.69, 9.17) is 4.74 Å². The molecule has 3 rings (SSSR count). The summed E-state index contributed by atoms with van der Waals surface area (Å²) in [6.07, 6.45) is 0.0738. The Morgan fingerprint density at radius 1 is 1.22 bits per heavy atom. The molecule has 0 radical (unpaired) electrons. The molecular weight excluding hydrogens is 370 g/mol. The summed E-state index contributed by atoms with van der Waals surface area (Å²) in [4.78, 5) is 42.8. The molecule has 0 fully saturated rings. The highest BCUT2D eigenvalue weighted by molar-refractivity contribution is 7.15. The zero-order chi connectivity index (χ0) is 19.4. The summed E-state index contributed by atoms with van der Waals surface area (Å²) in [5.41, 5.74) is 1.78. The third-order valence-corrected chi connectivity index (χ3v) is 5.05. The molecule has 1 aromatic heterocycles. The number of rotatable bonds is 4. The first-order valence-electron chi connectivity index (χ1n) is 8.41. The van der Waals surface area contributed by atoms with Gasteiger partial charge in [-0.05, 0) is 31.2 Å². The summed E-state index contributed by atoms with van der Waals surface area (Å²) in [5.74, 6) is -0.562. The lowest BCUT2D eigenvalue weighted by atomic mass is 10.1. The predicted molar refractivity (Wildman–Crippen MR) is 99.0 cm³/mol. The van der Waals surface area contributed by atoms with E-state index in [1.807, 2.05) is 0 Å². The molecule has 1 N–H and O–H groups in total. The topological polar surface area (TPSA) is 97.8 Å². The van der Waals surface area contributed by atoms with Gasteiger partial charge in [-0.15, -0.1) is 0 Å². The van der Waals surface area contributed by atoms with Crippen LogP contribution in [0.3, 0.4) is 0 Å². The number of thiazole rings is 1. The molecule has 1 aromatic carbocycles. The van der Waals surface area contributed by atoms with Crippen LogP contribution in [-0.2, 0) is 22.4 Å². The summed E-state index contributed by atoms with van der Waals surface area (Å²) >= 11 is 1.34. The highest BCUT2D eigenvalue weighted by Gasteiger charge is 2.25. The molecule has 8 nitrogen and oxygen atoms in total.